The number of aryl methyl sites for hydroxylation is 2. The molecule has 3 N–H and O–H groups in total. The zero-order valence-electron chi connectivity index (χ0n) is 25.8. The van der Waals surface area contributed by atoms with Crippen molar-refractivity contribution in [1.29, 1.82) is 0 Å². The number of amides is 3. The van der Waals surface area contributed by atoms with Gasteiger partial charge in [0.15, 0.2) is 0 Å². The molecular formula is C35H48N4O4. The van der Waals surface area contributed by atoms with Crippen LogP contribution in [0.5, 0.6) is 0 Å². The minimum atomic E-state index is -0.745. The average Bonchev–Trinajstić information content (AvgIpc) is 3.33. The molecule has 8 heteroatoms. The van der Waals surface area contributed by atoms with Gasteiger partial charge in [0.25, 0.3) is 0 Å². The summed E-state index contributed by atoms with van der Waals surface area (Å²) in [5.41, 5.74) is 6.72. The number of benzene rings is 2. The van der Waals surface area contributed by atoms with Gasteiger partial charge in [-0.3, -0.25) is 19.2 Å². The van der Waals surface area contributed by atoms with Crippen LogP contribution in [0, 0.1) is 12.8 Å². The minimum Gasteiger partial charge on any atom is -0.354 e. The third-order valence-electron chi connectivity index (χ3n) is 8.26. The fourth-order valence-electron chi connectivity index (χ4n) is 5.74. The second-order valence-electron chi connectivity index (χ2n) is 12.0. The molecule has 2 atom stereocenters. The first-order chi connectivity index (χ1) is 20.9. The smallest absolute Gasteiger partial charge is 0.244 e. The van der Waals surface area contributed by atoms with Crippen LogP contribution in [0.15, 0.2) is 54.7 Å². The molecule has 2 bridgehead atoms. The lowest BCUT2D eigenvalue weighted by Gasteiger charge is -2.21. The lowest BCUT2D eigenvalue weighted by Crippen LogP contribution is -2.50. The lowest BCUT2D eigenvalue weighted by molar-refractivity contribution is -0.139. The zero-order chi connectivity index (χ0) is 30.4. The van der Waals surface area contributed by atoms with Crippen molar-refractivity contribution in [3.8, 4) is 0 Å². The van der Waals surface area contributed by atoms with Crippen LogP contribution in [0.4, 0.5) is 0 Å². The number of hydrogen-bond donors (Lipinski definition) is 3. The maximum absolute atomic E-state index is 13.5. The number of rotatable bonds is 7. The Bertz CT molecular complexity index is 1340. The summed E-state index contributed by atoms with van der Waals surface area (Å²) in [5.74, 6) is -1.54. The number of hydrogen-bond acceptors (Lipinski definition) is 4. The topological polar surface area (TPSA) is 101 Å². The van der Waals surface area contributed by atoms with E-state index in [1.165, 1.54) is 38.5 Å². The number of carbonyl (C=O) groups excluding carboxylic acids is 3. The van der Waals surface area contributed by atoms with Gasteiger partial charge in [-0.25, -0.2) is 5.48 Å². The fourth-order valence-corrected chi connectivity index (χ4v) is 5.74. The normalized spacial score (nSPS) is 18.2. The van der Waals surface area contributed by atoms with E-state index in [1.807, 2.05) is 30.3 Å². The van der Waals surface area contributed by atoms with Crippen LogP contribution in [-0.2, 0) is 38.8 Å². The number of nitrogens with zero attached hydrogens (tertiary/aromatic N) is 1. The van der Waals surface area contributed by atoms with Gasteiger partial charge in [0.05, 0.1) is 6.61 Å². The molecule has 0 fully saturated rings. The van der Waals surface area contributed by atoms with Crippen LogP contribution >= 0.6 is 0 Å². The van der Waals surface area contributed by atoms with Gasteiger partial charge in [-0.2, -0.15) is 0 Å². The molecule has 2 unspecified atom stereocenters. The molecule has 3 amide bonds. The molecule has 3 aromatic rings. The maximum atomic E-state index is 13.5. The number of fused-ring (bicyclic) bond motifs is 5. The van der Waals surface area contributed by atoms with E-state index >= 15 is 0 Å². The molecule has 232 valence electrons. The summed E-state index contributed by atoms with van der Waals surface area (Å²) in [5, 5.41) is 7.16. The first-order valence-electron chi connectivity index (χ1n) is 16.0. The Labute approximate surface area is 255 Å². The quantitative estimate of drug-likeness (QED) is 0.300. The van der Waals surface area contributed by atoms with Gasteiger partial charge in [-0.05, 0) is 43.0 Å². The van der Waals surface area contributed by atoms with Crippen LogP contribution in [-0.4, -0.2) is 34.9 Å². The Morgan fingerprint density at radius 1 is 0.977 bits per heavy atom. The van der Waals surface area contributed by atoms with E-state index in [1.54, 1.807) is 6.92 Å². The van der Waals surface area contributed by atoms with Gasteiger partial charge in [0, 0.05) is 48.9 Å². The van der Waals surface area contributed by atoms with E-state index in [-0.39, 0.29) is 30.7 Å². The van der Waals surface area contributed by atoms with E-state index in [2.05, 4.69) is 52.0 Å². The standard InChI is InChI=1S/C35H48N4O4/c1-26-17-18-32-30(21-26)29-23-31(35(42)36-19-13-8-6-4-3-5-7-9-14-20-39(32)24-29)37-34(41)27(2)22-33(40)38-43-25-28-15-11-10-12-16-28/h10-12,15-18,21,24,27,31H,3-9,13-14,19-20,22-23,25H2,1-2H3,(H,36,42)(H,37,41)(H,38,40). The van der Waals surface area contributed by atoms with Crippen LogP contribution in [0.3, 0.4) is 0 Å². The van der Waals surface area contributed by atoms with Gasteiger partial charge in [-0.1, -0.05) is 93.8 Å². The van der Waals surface area contributed by atoms with Gasteiger partial charge in [0.2, 0.25) is 17.7 Å². The highest BCUT2D eigenvalue weighted by Crippen LogP contribution is 2.25. The molecule has 0 spiro atoms. The molecule has 0 radical (unpaired) electrons. The zero-order valence-corrected chi connectivity index (χ0v) is 25.8. The molecule has 0 saturated heterocycles. The van der Waals surface area contributed by atoms with Crippen molar-refractivity contribution in [2.75, 3.05) is 6.54 Å². The SMILES string of the molecule is Cc1ccc2c(c1)c1cn2CCCCCCCCCCCNC(=O)C(NC(=O)C(C)CC(=O)NOCc2ccccc2)C1. The fraction of sp³-hybridized carbons (Fsp3) is 0.514. The highest BCUT2D eigenvalue weighted by atomic mass is 16.6. The highest BCUT2D eigenvalue weighted by molar-refractivity contribution is 5.91. The third kappa shape index (κ3) is 10.2. The predicted octanol–water partition coefficient (Wildman–Crippen LogP) is 5.89. The van der Waals surface area contributed by atoms with Crippen molar-refractivity contribution in [2.24, 2.45) is 5.92 Å². The van der Waals surface area contributed by atoms with E-state index in [0.717, 1.165) is 53.4 Å². The molecule has 1 aliphatic heterocycles. The lowest BCUT2D eigenvalue weighted by atomic mass is 10.0. The summed E-state index contributed by atoms with van der Waals surface area (Å²) in [6.07, 6.45) is 13.1. The van der Waals surface area contributed by atoms with Gasteiger partial charge < -0.3 is 15.2 Å². The minimum absolute atomic E-state index is 0.0482. The summed E-state index contributed by atoms with van der Waals surface area (Å²) in [6.45, 7) is 5.52. The molecule has 4 rings (SSSR count). The van der Waals surface area contributed by atoms with Gasteiger partial charge in [-0.15, -0.1) is 0 Å². The Balaban J connectivity index is 1.44. The van der Waals surface area contributed by atoms with E-state index in [9.17, 15) is 14.4 Å². The number of aromatic nitrogens is 1. The Morgan fingerprint density at radius 3 is 2.42 bits per heavy atom. The average molecular weight is 589 g/mol. The molecular weight excluding hydrogens is 540 g/mol. The van der Waals surface area contributed by atoms with Crippen molar-refractivity contribution in [2.45, 2.75) is 104 Å². The Hall–Kier alpha value is -3.65. The molecule has 0 aliphatic carbocycles. The van der Waals surface area contributed by atoms with Crippen molar-refractivity contribution in [1.82, 2.24) is 20.7 Å². The summed E-state index contributed by atoms with van der Waals surface area (Å²) < 4.78 is 2.30. The molecule has 1 aromatic heterocycles. The van der Waals surface area contributed by atoms with E-state index in [0.29, 0.717) is 13.0 Å². The number of nitrogens with one attached hydrogen (secondary N) is 3. The number of hydroxylamine groups is 1. The van der Waals surface area contributed by atoms with Gasteiger partial charge >= 0.3 is 0 Å². The van der Waals surface area contributed by atoms with Crippen molar-refractivity contribution in [3.63, 3.8) is 0 Å². The van der Waals surface area contributed by atoms with Crippen LogP contribution in [0.25, 0.3) is 10.9 Å². The molecule has 2 aromatic carbocycles. The predicted molar refractivity (Wildman–Crippen MR) is 170 cm³/mol. The Kier molecular flexibility index (Phi) is 12.6. The first-order valence-corrected chi connectivity index (χ1v) is 16.0. The summed E-state index contributed by atoms with van der Waals surface area (Å²) in [4.78, 5) is 44.5. The first kappa shape index (κ1) is 32.3. The van der Waals surface area contributed by atoms with Crippen LogP contribution in [0.2, 0.25) is 0 Å². The molecule has 8 nitrogen and oxygen atoms in total. The number of carbonyl (C=O) groups is 3. The molecule has 0 saturated carbocycles. The molecule has 2 heterocycles. The molecule has 43 heavy (non-hydrogen) atoms. The maximum Gasteiger partial charge on any atom is 0.244 e. The van der Waals surface area contributed by atoms with E-state index < -0.39 is 12.0 Å². The molecule has 1 aliphatic rings. The van der Waals surface area contributed by atoms with E-state index in [4.69, 9.17) is 4.84 Å². The highest BCUT2D eigenvalue weighted by Gasteiger charge is 2.26. The van der Waals surface area contributed by atoms with Gasteiger partial charge in [0.1, 0.15) is 6.04 Å². The Morgan fingerprint density at radius 2 is 1.67 bits per heavy atom. The largest absolute Gasteiger partial charge is 0.354 e. The van der Waals surface area contributed by atoms with Crippen molar-refractivity contribution < 1.29 is 19.2 Å². The van der Waals surface area contributed by atoms with Crippen LogP contribution in [0.1, 0.15) is 87.8 Å². The summed E-state index contributed by atoms with van der Waals surface area (Å²) in [6, 6.07) is 15.2. The monoisotopic (exact) mass is 588 g/mol. The second kappa shape index (κ2) is 16.8. The van der Waals surface area contributed by atoms with Crippen molar-refractivity contribution in [3.05, 3.63) is 71.4 Å². The summed E-state index contributed by atoms with van der Waals surface area (Å²) in [7, 11) is 0. The van der Waals surface area contributed by atoms with Crippen molar-refractivity contribution >= 4 is 28.6 Å². The van der Waals surface area contributed by atoms with Crippen LogP contribution < -0.4 is 16.1 Å². The summed E-state index contributed by atoms with van der Waals surface area (Å²) >= 11 is 0. The third-order valence-corrected chi connectivity index (χ3v) is 8.26. The second-order valence-corrected chi connectivity index (χ2v) is 12.0.